The summed E-state index contributed by atoms with van der Waals surface area (Å²) in [6, 6.07) is 8.39. The van der Waals surface area contributed by atoms with Gasteiger partial charge in [-0.25, -0.2) is 18.7 Å². The number of benzene rings is 2. The molecule has 21 heavy (non-hydrogen) atoms. The van der Waals surface area contributed by atoms with Crippen LogP contribution >= 0.6 is 0 Å². The van der Waals surface area contributed by atoms with E-state index >= 15 is 0 Å². The fourth-order valence-electron chi connectivity index (χ4n) is 2.13. The third kappa shape index (κ3) is 2.24. The topological polar surface area (TPSA) is 61.0 Å². The standard InChI is InChI=1S/C15H11F2N3O/c1-21-12-4-2-3-10(17)13(12)15-19-11-6-5-8(16)7-9(11)14(18)20-15/h2-7H,1H3,(H2,18,19,20). The maximum Gasteiger partial charge on any atom is 0.168 e. The first-order valence-electron chi connectivity index (χ1n) is 6.16. The Balaban J connectivity index is 2.29. The number of methoxy groups -OCH3 is 1. The van der Waals surface area contributed by atoms with Gasteiger partial charge in [0.15, 0.2) is 5.82 Å². The highest BCUT2D eigenvalue weighted by atomic mass is 19.1. The van der Waals surface area contributed by atoms with Gasteiger partial charge in [-0.15, -0.1) is 0 Å². The molecule has 0 fully saturated rings. The van der Waals surface area contributed by atoms with Crippen molar-refractivity contribution >= 4 is 16.7 Å². The Morgan fingerprint density at radius 1 is 1.10 bits per heavy atom. The van der Waals surface area contributed by atoms with Crippen LogP contribution in [0.15, 0.2) is 36.4 Å². The molecule has 0 saturated carbocycles. The quantitative estimate of drug-likeness (QED) is 0.786. The van der Waals surface area contributed by atoms with E-state index < -0.39 is 11.6 Å². The lowest BCUT2D eigenvalue weighted by atomic mass is 10.1. The number of ether oxygens (including phenoxy) is 1. The van der Waals surface area contributed by atoms with E-state index in [1.165, 1.54) is 37.4 Å². The fourth-order valence-corrected chi connectivity index (χ4v) is 2.13. The van der Waals surface area contributed by atoms with Crippen molar-refractivity contribution in [3.63, 3.8) is 0 Å². The molecule has 0 bridgehead atoms. The Labute approximate surface area is 119 Å². The Morgan fingerprint density at radius 2 is 1.90 bits per heavy atom. The van der Waals surface area contributed by atoms with Crippen LogP contribution in [0.3, 0.4) is 0 Å². The average Bonchev–Trinajstić information content (AvgIpc) is 2.47. The zero-order chi connectivity index (χ0) is 15.0. The van der Waals surface area contributed by atoms with E-state index in [1.54, 1.807) is 6.07 Å². The number of nitrogen functional groups attached to an aromatic ring is 1. The summed E-state index contributed by atoms with van der Waals surface area (Å²) in [4.78, 5) is 8.30. The average molecular weight is 287 g/mol. The van der Waals surface area contributed by atoms with Gasteiger partial charge < -0.3 is 10.5 Å². The summed E-state index contributed by atoms with van der Waals surface area (Å²) in [7, 11) is 1.43. The molecule has 0 unspecified atom stereocenters. The molecule has 0 radical (unpaired) electrons. The lowest BCUT2D eigenvalue weighted by Crippen LogP contribution is -2.01. The first kappa shape index (κ1) is 13.2. The highest BCUT2D eigenvalue weighted by Gasteiger charge is 2.16. The number of anilines is 1. The first-order chi connectivity index (χ1) is 10.1. The van der Waals surface area contributed by atoms with Crippen molar-refractivity contribution in [2.24, 2.45) is 0 Å². The molecule has 1 aromatic heterocycles. The van der Waals surface area contributed by atoms with Crippen LogP contribution in [0.1, 0.15) is 0 Å². The Hall–Kier alpha value is -2.76. The number of hydrogen-bond donors (Lipinski definition) is 1. The van der Waals surface area contributed by atoms with Gasteiger partial charge in [0.1, 0.15) is 23.2 Å². The number of nitrogens with zero attached hydrogens (tertiary/aromatic N) is 2. The van der Waals surface area contributed by atoms with Gasteiger partial charge in [0.25, 0.3) is 0 Å². The summed E-state index contributed by atoms with van der Waals surface area (Å²) in [5, 5.41) is 0.383. The summed E-state index contributed by atoms with van der Waals surface area (Å²) in [6.07, 6.45) is 0. The molecular weight excluding hydrogens is 276 g/mol. The molecule has 1 heterocycles. The van der Waals surface area contributed by atoms with Crippen LogP contribution in [0.25, 0.3) is 22.3 Å². The largest absolute Gasteiger partial charge is 0.496 e. The molecule has 0 saturated heterocycles. The minimum absolute atomic E-state index is 0.0832. The van der Waals surface area contributed by atoms with Crippen LogP contribution in [0.2, 0.25) is 0 Å². The number of hydrogen-bond acceptors (Lipinski definition) is 4. The summed E-state index contributed by atoms with van der Waals surface area (Å²) in [5.74, 6) is -0.471. The van der Waals surface area contributed by atoms with Crippen molar-refractivity contribution < 1.29 is 13.5 Å². The number of fused-ring (bicyclic) bond motifs is 1. The fraction of sp³-hybridized carbons (Fsp3) is 0.0667. The molecule has 106 valence electrons. The molecule has 6 heteroatoms. The molecule has 3 rings (SSSR count). The molecule has 0 atom stereocenters. The van der Waals surface area contributed by atoms with Crippen molar-refractivity contribution in [3.8, 4) is 17.1 Å². The lowest BCUT2D eigenvalue weighted by Gasteiger charge is -2.10. The molecule has 0 aliphatic heterocycles. The molecule has 3 aromatic rings. The number of nitrogens with two attached hydrogens (primary N) is 1. The van der Waals surface area contributed by atoms with Crippen molar-refractivity contribution in [1.82, 2.24) is 9.97 Å². The van der Waals surface area contributed by atoms with Crippen LogP contribution in [-0.4, -0.2) is 17.1 Å². The molecule has 2 aromatic carbocycles. The van der Waals surface area contributed by atoms with Gasteiger partial charge in [-0.2, -0.15) is 0 Å². The van der Waals surface area contributed by atoms with E-state index in [-0.39, 0.29) is 17.2 Å². The molecule has 0 spiro atoms. The second-order valence-corrected chi connectivity index (χ2v) is 4.41. The summed E-state index contributed by atoms with van der Waals surface area (Å²) in [5.41, 5.74) is 6.38. The number of aromatic nitrogens is 2. The van der Waals surface area contributed by atoms with Gasteiger partial charge >= 0.3 is 0 Å². The smallest absolute Gasteiger partial charge is 0.168 e. The van der Waals surface area contributed by atoms with Gasteiger partial charge in [0.2, 0.25) is 0 Å². The zero-order valence-electron chi connectivity index (χ0n) is 11.1. The van der Waals surface area contributed by atoms with E-state index in [2.05, 4.69) is 9.97 Å². The van der Waals surface area contributed by atoms with Crippen molar-refractivity contribution in [3.05, 3.63) is 48.0 Å². The second-order valence-electron chi connectivity index (χ2n) is 4.41. The molecule has 4 nitrogen and oxygen atoms in total. The Bertz CT molecular complexity index is 837. The monoisotopic (exact) mass is 287 g/mol. The number of halogens is 2. The highest BCUT2D eigenvalue weighted by Crippen LogP contribution is 2.32. The molecular formula is C15H11F2N3O. The minimum Gasteiger partial charge on any atom is -0.496 e. The molecule has 0 amide bonds. The Kier molecular flexibility index (Phi) is 3.13. The van der Waals surface area contributed by atoms with Crippen LogP contribution in [-0.2, 0) is 0 Å². The maximum absolute atomic E-state index is 14.1. The molecule has 0 aliphatic carbocycles. The van der Waals surface area contributed by atoms with E-state index in [0.29, 0.717) is 16.7 Å². The highest BCUT2D eigenvalue weighted by molar-refractivity contribution is 5.89. The van der Waals surface area contributed by atoms with Crippen LogP contribution in [0.5, 0.6) is 5.75 Å². The van der Waals surface area contributed by atoms with Crippen molar-refractivity contribution in [2.75, 3.05) is 12.8 Å². The van der Waals surface area contributed by atoms with Crippen molar-refractivity contribution in [1.29, 1.82) is 0 Å². The van der Waals surface area contributed by atoms with Crippen LogP contribution < -0.4 is 10.5 Å². The van der Waals surface area contributed by atoms with Gasteiger partial charge in [0.05, 0.1) is 18.2 Å². The third-order valence-electron chi connectivity index (χ3n) is 3.11. The lowest BCUT2D eigenvalue weighted by molar-refractivity contribution is 0.413. The second kappa shape index (κ2) is 4.97. The van der Waals surface area contributed by atoms with Crippen molar-refractivity contribution in [2.45, 2.75) is 0 Å². The predicted octanol–water partition coefficient (Wildman–Crippen LogP) is 3.17. The predicted molar refractivity (Wildman–Crippen MR) is 75.9 cm³/mol. The van der Waals surface area contributed by atoms with Crippen LogP contribution in [0, 0.1) is 11.6 Å². The van der Waals surface area contributed by atoms with E-state index in [9.17, 15) is 8.78 Å². The normalized spacial score (nSPS) is 10.8. The zero-order valence-corrected chi connectivity index (χ0v) is 11.1. The minimum atomic E-state index is -0.518. The summed E-state index contributed by atoms with van der Waals surface area (Å²) in [6.45, 7) is 0. The van der Waals surface area contributed by atoms with Crippen LogP contribution in [0.4, 0.5) is 14.6 Å². The third-order valence-corrected chi connectivity index (χ3v) is 3.11. The summed E-state index contributed by atoms with van der Waals surface area (Å²) >= 11 is 0. The van der Waals surface area contributed by atoms with E-state index in [0.717, 1.165) is 0 Å². The van der Waals surface area contributed by atoms with Gasteiger partial charge in [-0.3, -0.25) is 0 Å². The first-order valence-corrected chi connectivity index (χ1v) is 6.16. The van der Waals surface area contributed by atoms with E-state index in [4.69, 9.17) is 10.5 Å². The maximum atomic E-state index is 14.1. The number of rotatable bonds is 2. The van der Waals surface area contributed by atoms with Gasteiger partial charge in [-0.1, -0.05) is 6.07 Å². The molecule has 2 N–H and O–H groups in total. The SMILES string of the molecule is COc1cccc(F)c1-c1nc(N)c2cc(F)ccc2n1. The van der Waals surface area contributed by atoms with E-state index in [1.807, 2.05) is 0 Å². The van der Waals surface area contributed by atoms with Gasteiger partial charge in [-0.05, 0) is 30.3 Å². The summed E-state index contributed by atoms with van der Waals surface area (Å²) < 4.78 is 32.4. The Morgan fingerprint density at radius 3 is 2.67 bits per heavy atom. The van der Waals surface area contributed by atoms with Gasteiger partial charge in [0, 0.05) is 5.39 Å². The molecule has 0 aliphatic rings.